The second kappa shape index (κ2) is 8.54. The number of carbonyl (C=O) groups excluding carboxylic acids is 1. The van der Waals surface area contributed by atoms with Crippen molar-refractivity contribution in [3.05, 3.63) is 63.6 Å². The fourth-order valence-corrected chi connectivity index (χ4v) is 5.02. The van der Waals surface area contributed by atoms with Gasteiger partial charge in [0.1, 0.15) is 0 Å². The zero-order valence-electron chi connectivity index (χ0n) is 15.2. The molecule has 1 aliphatic heterocycles. The maximum absolute atomic E-state index is 12.4. The number of hydrogen-bond acceptors (Lipinski definition) is 3. The van der Waals surface area contributed by atoms with E-state index in [1.807, 2.05) is 41.3 Å². The number of rotatable bonds is 7. The minimum atomic E-state index is -3.45. The van der Waals surface area contributed by atoms with Gasteiger partial charge < -0.3 is 4.90 Å². The predicted octanol–water partition coefficient (Wildman–Crippen LogP) is 3.76. The molecule has 5 nitrogen and oxygen atoms in total. The number of benzene rings is 2. The van der Waals surface area contributed by atoms with E-state index in [0.29, 0.717) is 19.4 Å². The number of nitrogens with zero attached hydrogens (tertiary/aromatic N) is 1. The maximum Gasteiger partial charge on any atom is 0.227 e. The molecule has 0 aromatic heterocycles. The van der Waals surface area contributed by atoms with Gasteiger partial charge in [-0.25, -0.2) is 13.1 Å². The van der Waals surface area contributed by atoms with Crippen LogP contribution in [0.25, 0.3) is 0 Å². The molecule has 0 spiro atoms. The summed E-state index contributed by atoms with van der Waals surface area (Å²) in [6.45, 7) is 3.00. The van der Waals surface area contributed by atoms with Gasteiger partial charge >= 0.3 is 0 Å². The maximum atomic E-state index is 12.4. The Hall–Kier alpha value is -1.70. The molecular formula is C20H23BrN2O3S. The van der Waals surface area contributed by atoms with Crippen molar-refractivity contribution in [3.63, 3.8) is 0 Å². The SMILES string of the molecule is CCCN1C(=O)CCc2cc(CNS(=O)(=O)Cc3ccccc3Br)ccc21. The van der Waals surface area contributed by atoms with Crippen molar-refractivity contribution in [1.82, 2.24) is 4.72 Å². The lowest BCUT2D eigenvalue weighted by Gasteiger charge is -2.29. The molecule has 7 heteroatoms. The summed E-state index contributed by atoms with van der Waals surface area (Å²) in [7, 11) is -3.45. The number of sulfonamides is 1. The van der Waals surface area contributed by atoms with E-state index in [1.165, 1.54) is 0 Å². The minimum absolute atomic E-state index is 0.0713. The number of carbonyl (C=O) groups is 1. The first-order chi connectivity index (χ1) is 12.9. The summed E-state index contributed by atoms with van der Waals surface area (Å²) in [5, 5.41) is 0. The van der Waals surface area contributed by atoms with Crippen molar-refractivity contribution in [3.8, 4) is 0 Å². The zero-order chi connectivity index (χ0) is 19.4. The summed E-state index contributed by atoms with van der Waals surface area (Å²) in [5.74, 6) is 0.0873. The molecule has 0 saturated heterocycles. The Kier molecular flexibility index (Phi) is 6.34. The monoisotopic (exact) mass is 450 g/mol. The Labute approximate surface area is 169 Å². The summed E-state index contributed by atoms with van der Waals surface area (Å²) in [6.07, 6.45) is 2.11. The fourth-order valence-electron chi connectivity index (χ4n) is 3.26. The number of fused-ring (bicyclic) bond motifs is 1. The van der Waals surface area contributed by atoms with Crippen LogP contribution in [-0.2, 0) is 33.5 Å². The van der Waals surface area contributed by atoms with Crippen LogP contribution >= 0.6 is 15.9 Å². The van der Waals surface area contributed by atoms with Gasteiger partial charge in [0, 0.05) is 29.7 Å². The molecule has 0 atom stereocenters. The average Bonchev–Trinajstić information content (AvgIpc) is 2.64. The van der Waals surface area contributed by atoms with Crippen LogP contribution in [-0.4, -0.2) is 20.9 Å². The summed E-state index contributed by atoms with van der Waals surface area (Å²) >= 11 is 3.38. The summed E-state index contributed by atoms with van der Waals surface area (Å²) in [4.78, 5) is 14.0. The Morgan fingerprint density at radius 2 is 1.93 bits per heavy atom. The summed E-state index contributed by atoms with van der Waals surface area (Å²) in [5.41, 5.74) is 3.68. The van der Waals surface area contributed by atoms with Crippen LogP contribution in [0.15, 0.2) is 46.9 Å². The first kappa shape index (κ1) is 20.0. The van der Waals surface area contributed by atoms with Crippen molar-refractivity contribution in [2.75, 3.05) is 11.4 Å². The first-order valence-corrected chi connectivity index (χ1v) is 11.5. The summed E-state index contributed by atoms with van der Waals surface area (Å²) < 4.78 is 28.3. The van der Waals surface area contributed by atoms with Gasteiger partial charge in [0.2, 0.25) is 15.9 Å². The molecule has 0 saturated carbocycles. The molecule has 0 unspecified atom stereocenters. The zero-order valence-corrected chi connectivity index (χ0v) is 17.6. The van der Waals surface area contributed by atoms with Gasteiger partial charge in [0.15, 0.2) is 0 Å². The number of nitrogens with one attached hydrogen (secondary N) is 1. The Morgan fingerprint density at radius 1 is 1.15 bits per heavy atom. The lowest BCUT2D eigenvalue weighted by molar-refractivity contribution is -0.118. The highest BCUT2D eigenvalue weighted by Crippen LogP contribution is 2.29. The quantitative estimate of drug-likeness (QED) is 0.697. The molecule has 0 radical (unpaired) electrons. The van der Waals surface area contributed by atoms with Crippen molar-refractivity contribution in [2.24, 2.45) is 0 Å². The van der Waals surface area contributed by atoms with Crippen LogP contribution < -0.4 is 9.62 Å². The van der Waals surface area contributed by atoms with Crippen molar-refractivity contribution >= 4 is 37.5 Å². The second-order valence-electron chi connectivity index (χ2n) is 6.68. The Morgan fingerprint density at radius 3 is 2.67 bits per heavy atom. The van der Waals surface area contributed by atoms with Gasteiger partial charge in [-0.05, 0) is 41.7 Å². The van der Waals surface area contributed by atoms with E-state index in [1.54, 1.807) is 6.07 Å². The number of aryl methyl sites for hydroxylation is 1. The fraction of sp³-hybridized carbons (Fsp3) is 0.350. The first-order valence-electron chi connectivity index (χ1n) is 9.02. The number of halogens is 1. The van der Waals surface area contributed by atoms with Crippen molar-refractivity contribution in [2.45, 2.75) is 38.5 Å². The predicted molar refractivity (Wildman–Crippen MR) is 111 cm³/mol. The Balaban J connectivity index is 1.70. The molecule has 2 aromatic carbocycles. The van der Waals surface area contributed by atoms with Gasteiger partial charge in [-0.15, -0.1) is 0 Å². The van der Waals surface area contributed by atoms with Crippen molar-refractivity contribution in [1.29, 1.82) is 0 Å². The number of anilines is 1. The third kappa shape index (κ3) is 4.97. The van der Waals surface area contributed by atoms with Crippen LogP contribution in [0.5, 0.6) is 0 Å². The smallest absolute Gasteiger partial charge is 0.227 e. The van der Waals surface area contributed by atoms with Crippen LogP contribution in [0, 0.1) is 0 Å². The van der Waals surface area contributed by atoms with Gasteiger partial charge in [0.25, 0.3) is 0 Å². The van der Waals surface area contributed by atoms with Crippen LogP contribution in [0.3, 0.4) is 0 Å². The number of hydrogen-bond donors (Lipinski definition) is 1. The lowest BCUT2D eigenvalue weighted by atomic mass is 9.98. The van der Waals surface area contributed by atoms with E-state index >= 15 is 0 Å². The van der Waals surface area contributed by atoms with Gasteiger partial charge in [0.05, 0.1) is 5.75 Å². The highest BCUT2D eigenvalue weighted by atomic mass is 79.9. The van der Waals surface area contributed by atoms with E-state index in [0.717, 1.165) is 33.3 Å². The van der Waals surface area contributed by atoms with E-state index in [-0.39, 0.29) is 18.2 Å². The highest BCUT2D eigenvalue weighted by Gasteiger charge is 2.23. The summed E-state index contributed by atoms with van der Waals surface area (Å²) in [6, 6.07) is 13.1. The minimum Gasteiger partial charge on any atom is -0.312 e. The molecule has 3 rings (SSSR count). The molecule has 0 aliphatic carbocycles. The van der Waals surface area contributed by atoms with Crippen molar-refractivity contribution < 1.29 is 13.2 Å². The van der Waals surface area contributed by atoms with Gasteiger partial charge in [-0.3, -0.25) is 4.79 Å². The molecule has 1 aliphatic rings. The Bertz CT molecular complexity index is 944. The largest absolute Gasteiger partial charge is 0.312 e. The third-order valence-electron chi connectivity index (χ3n) is 4.59. The van der Waals surface area contributed by atoms with E-state index < -0.39 is 10.0 Å². The molecular weight excluding hydrogens is 428 g/mol. The van der Waals surface area contributed by atoms with Gasteiger partial charge in [-0.2, -0.15) is 0 Å². The molecule has 1 heterocycles. The van der Waals surface area contributed by atoms with Gasteiger partial charge in [-0.1, -0.05) is 53.2 Å². The van der Waals surface area contributed by atoms with Crippen LogP contribution in [0.2, 0.25) is 0 Å². The molecule has 27 heavy (non-hydrogen) atoms. The van der Waals surface area contributed by atoms with E-state index in [9.17, 15) is 13.2 Å². The number of amides is 1. The highest BCUT2D eigenvalue weighted by molar-refractivity contribution is 9.10. The average molecular weight is 451 g/mol. The van der Waals surface area contributed by atoms with E-state index in [2.05, 4.69) is 27.6 Å². The second-order valence-corrected chi connectivity index (χ2v) is 9.34. The third-order valence-corrected chi connectivity index (χ3v) is 6.64. The van der Waals surface area contributed by atoms with E-state index in [4.69, 9.17) is 0 Å². The van der Waals surface area contributed by atoms with Crippen LogP contribution in [0.4, 0.5) is 5.69 Å². The molecule has 0 fully saturated rings. The van der Waals surface area contributed by atoms with Crippen LogP contribution in [0.1, 0.15) is 36.5 Å². The molecule has 1 N–H and O–H groups in total. The lowest BCUT2D eigenvalue weighted by Crippen LogP contribution is -2.35. The topological polar surface area (TPSA) is 66.5 Å². The molecule has 1 amide bonds. The molecule has 2 aromatic rings. The standard InChI is InChI=1S/C20H23BrN2O3S/c1-2-11-23-19-9-7-15(12-16(19)8-10-20(23)24)13-22-27(25,26)14-17-5-3-4-6-18(17)21/h3-7,9,12,22H,2,8,10-11,13-14H2,1H3. The molecule has 0 bridgehead atoms. The normalized spacial score (nSPS) is 14.3. The molecule has 144 valence electrons.